The van der Waals surface area contributed by atoms with Crippen LogP contribution in [-0.4, -0.2) is 93.8 Å². The summed E-state index contributed by atoms with van der Waals surface area (Å²) in [6.07, 6.45) is -6.16. The van der Waals surface area contributed by atoms with Gasteiger partial charge in [0.25, 0.3) is 5.91 Å². The van der Waals surface area contributed by atoms with Gasteiger partial charge in [-0.2, -0.15) is 0 Å². The van der Waals surface area contributed by atoms with Crippen LogP contribution < -0.4 is 0 Å². The summed E-state index contributed by atoms with van der Waals surface area (Å²) in [4.78, 5) is 19.1. The van der Waals surface area contributed by atoms with Crippen LogP contribution in [0.15, 0.2) is 182 Å². The minimum Gasteiger partial charge on any atom is -0.390 e. The maximum atomic E-state index is 15.0. The fraction of sp³-hybridized carbons (Fsp3) is 0.288. The van der Waals surface area contributed by atoms with Crippen LogP contribution in [0.2, 0.25) is 0 Å². The molecule has 61 heavy (non-hydrogen) atoms. The summed E-state index contributed by atoms with van der Waals surface area (Å²) in [6.45, 7) is 2.85. The van der Waals surface area contributed by atoms with E-state index in [1.54, 1.807) is 4.90 Å². The van der Waals surface area contributed by atoms with Crippen LogP contribution in [0.25, 0.3) is 0 Å². The van der Waals surface area contributed by atoms with Crippen LogP contribution in [-0.2, 0) is 44.4 Å². The van der Waals surface area contributed by atoms with Gasteiger partial charge in [-0.25, -0.2) is 0 Å². The van der Waals surface area contributed by atoms with Crippen LogP contribution in [0.1, 0.15) is 40.3 Å². The highest BCUT2D eigenvalue weighted by Crippen LogP contribution is 2.43. The third-order valence-electron chi connectivity index (χ3n) is 11.7. The van der Waals surface area contributed by atoms with Gasteiger partial charge in [0, 0.05) is 26.2 Å². The van der Waals surface area contributed by atoms with Crippen molar-refractivity contribution in [1.82, 2.24) is 9.80 Å². The highest BCUT2D eigenvalue weighted by atomic mass is 16.5. The van der Waals surface area contributed by atoms with Gasteiger partial charge >= 0.3 is 0 Å². The molecule has 9 nitrogen and oxygen atoms in total. The summed E-state index contributed by atoms with van der Waals surface area (Å²) >= 11 is 0. The Morgan fingerprint density at radius 2 is 0.934 bits per heavy atom. The lowest BCUT2D eigenvalue weighted by Crippen LogP contribution is -2.65. The molecule has 1 aliphatic heterocycles. The van der Waals surface area contributed by atoms with Crippen molar-refractivity contribution in [2.45, 2.75) is 62.3 Å². The van der Waals surface area contributed by atoms with E-state index in [0.29, 0.717) is 26.2 Å². The first-order valence-corrected chi connectivity index (χ1v) is 21.0. The predicted molar refractivity (Wildman–Crippen MR) is 236 cm³/mol. The van der Waals surface area contributed by atoms with E-state index in [1.165, 1.54) is 6.92 Å². The molecular weight excluding hydrogens is 765 g/mol. The monoisotopic (exact) mass is 820 g/mol. The number of ether oxygens (including phenoxy) is 3. The fourth-order valence-corrected chi connectivity index (χ4v) is 8.41. The summed E-state index contributed by atoms with van der Waals surface area (Å²) < 4.78 is 18.8. The molecule has 5 atom stereocenters. The van der Waals surface area contributed by atoms with Crippen molar-refractivity contribution >= 4 is 5.91 Å². The van der Waals surface area contributed by atoms with E-state index in [9.17, 15) is 20.1 Å². The van der Waals surface area contributed by atoms with Crippen LogP contribution in [0.3, 0.4) is 0 Å². The molecule has 0 unspecified atom stereocenters. The zero-order valence-corrected chi connectivity index (χ0v) is 34.7. The van der Waals surface area contributed by atoms with Crippen molar-refractivity contribution in [1.29, 1.82) is 0 Å². The van der Waals surface area contributed by atoms with Gasteiger partial charge in [-0.05, 0) is 40.3 Å². The number of amides is 1. The van der Waals surface area contributed by atoms with Crippen molar-refractivity contribution in [2.75, 3.05) is 32.8 Å². The van der Waals surface area contributed by atoms with E-state index in [0.717, 1.165) is 33.4 Å². The minimum absolute atomic E-state index is 0.0103. The summed E-state index contributed by atoms with van der Waals surface area (Å²) in [5.41, 5.74) is 2.95. The quantitative estimate of drug-likeness (QED) is 0.0752. The molecule has 0 spiro atoms. The number of benzene rings is 6. The molecule has 1 fully saturated rings. The van der Waals surface area contributed by atoms with Crippen molar-refractivity contribution in [2.24, 2.45) is 0 Å². The standard InChI is InChI=1S/C52H56N2O7/c1-40(55)51(58,39-59-36-41-20-8-2-9-21-41)49(61-38-43-24-12-4-13-25-43)47(56)48(60-37-42-22-10-3-11-23-42)50(57)53-32-34-54(35-33-53)52(44-26-14-5-15-27-44,45-28-16-6-17-29-45)46-30-18-7-19-31-46/h2-31,40,47-49,55-56,58H,32-39H2,1H3/t40-,47-,48-,49+,51-/m1/s1. The molecule has 6 aromatic carbocycles. The van der Waals surface area contributed by atoms with E-state index in [4.69, 9.17) is 14.2 Å². The largest absolute Gasteiger partial charge is 0.390 e. The molecule has 1 aliphatic rings. The van der Waals surface area contributed by atoms with E-state index >= 15 is 0 Å². The second-order valence-corrected chi connectivity index (χ2v) is 15.7. The molecule has 1 amide bonds. The third-order valence-corrected chi connectivity index (χ3v) is 11.7. The molecule has 0 saturated carbocycles. The number of aliphatic hydroxyl groups excluding tert-OH is 2. The summed E-state index contributed by atoms with van der Waals surface area (Å²) in [5.74, 6) is -0.445. The number of hydrogen-bond acceptors (Lipinski definition) is 8. The average molecular weight is 821 g/mol. The van der Waals surface area contributed by atoms with Gasteiger partial charge in [-0.15, -0.1) is 0 Å². The van der Waals surface area contributed by atoms with E-state index in [1.807, 2.05) is 109 Å². The highest BCUT2D eigenvalue weighted by Gasteiger charge is 2.51. The van der Waals surface area contributed by atoms with Crippen LogP contribution in [0.4, 0.5) is 0 Å². The third kappa shape index (κ3) is 10.2. The van der Waals surface area contributed by atoms with E-state index < -0.39 is 48.1 Å². The number of carbonyl (C=O) groups is 1. The number of rotatable bonds is 19. The number of piperazine rings is 1. The Bertz CT molecular complexity index is 2090. The van der Waals surface area contributed by atoms with Crippen LogP contribution in [0, 0.1) is 0 Å². The number of aliphatic hydroxyl groups is 3. The second-order valence-electron chi connectivity index (χ2n) is 15.7. The molecule has 9 heteroatoms. The van der Waals surface area contributed by atoms with Crippen molar-refractivity contribution < 1.29 is 34.3 Å². The lowest BCUT2D eigenvalue weighted by molar-refractivity contribution is -0.236. The minimum atomic E-state index is -2.16. The van der Waals surface area contributed by atoms with Crippen LogP contribution >= 0.6 is 0 Å². The van der Waals surface area contributed by atoms with Gasteiger partial charge in [0.2, 0.25) is 0 Å². The lowest BCUT2D eigenvalue weighted by Gasteiger charge is -2.49. The number of carbonyl (C=O) groups excluding carboxylic acids is 1. The van der Waals surface area contributed by atoms with Gasteiger partial charge in [0.05, 0.1) is 38.1 Å². The molecular formula is C52H56N2O7. The fourth-order valence-electron chi connectivity index (χ4n) is 8.41. The summed E-state index contributed by atoms with van der Waals surface area (Å²) in [5, 5.41) is 36.2. The SMILES string of the molecule is C[C@@H](O)[C@](O)(COCc1ccccc1)[C@@H](OCc1ccccc1)[C@H](O)[C@@H](OCc1ccccc1)C(=O)N1CCN(C(c2ccccc2)(c2ccccc2)c2ccccc2)CC1. The Morgan fingerprint density at radius 3 is 1.34 bits per heavy atom. The maximum absolute atomic E-state index is 15.0. The van der Waals surface area contributed by atoms with Gasteiger partial charge in [-0.3, -0.25) is 9.69 Å². The van der Waals surface area contributed by atoms with Crippen molar-refractivity contribution in [3.05, 3.63) is 215 Å². The van der Waals surface area contributed by atoms with Gasteiger partial charge in [0.15, 0.2) is 6.10 Å². The molecule has 6 aromatic rings. The maximum Gasteiger partial charge on any atom is 0.254 e. The lowest BCUT2D eigenvalue weighted by atomic mass is 9.75. The molecule has 316 valence electrons. The molecule has 0 aliphatic carbocycles. The second kappa shape index (κ2) is 20.9. The predicted octanol–water partition coefficient (Wildman–Crippen LogP) is 6.98. The summed E-state index contributed by atoms with van der Waals surface area (Å²) in [7, 11) is 0. The van der Waals surface area contributed by atoms with Gasteiger partial charge in [0.1, 0.15) is 17.8 Å². The molecule has 0 radical (unpaired) electrons. The number of nitrogens with zero attached hydrogens (tertiary/aromatic N) is 2. The van der Waals surface area contributed by atoms with Crippen molar-refractivity contribution in [3.8, 4) is 0 Å². The Morgan fingerprint density at radius 1 is 0.557 bits per heavy atom. The molecule has 1 saturated heterocycles. The van der Waals surface area contributed by atoms with Gasteiger partial charge in [-0.1, -0.05) is 182 Å². The van der Waals surface area contributed by atoms with E-state index in [2.05, 4.69) is 77.7 Å². The topological polar surface area (TPSA) is 112 Å². The summed E-state index contributed by atoms with van der Waals surface area (Å²) in [6, 6.07) is 59.6. The van der Waals surface area contributed by atoms with Crippen molar-refractivity contribution in [3.63, 3.8) is 0 Å². The normalized spacial score (nSPS) is 16.6. The van der Waals surface area contributed by atoms with Gasteiger partial charge < -0.3 is 34.4 Å². The first-order valence-electron chi connectivity index (χ1n) is 21.0. The number of hydrogen-bond donors (Lipinski definition) is 3. The first kappa shape index (κ1) is 43.6. The average Bonchev–Trinajstić information content (AvgIpc) is 3.31. The zero-order valence-electron chi connectivity index (χ0n) is 34.7. The Balaban J connectivity index is 1.20. The molecule has 0 aromatic heterocycles. The van der Waals surface area contributed by atoms with Crippen LogP contribution in [0.5, 0.6) is 0 Å². The molecule has 0 bridgehead atoms. The molecule has 1 heterocycles. The smallest absolute Gasteiger partial charge is 0.254 e. The zero-order chi connectivity index (χ0) is 42.5. The molecule has 7 rings (SSSR count). The Hall–Kier alpha value is -5.49. The molecule has 3 N–H and O–H groups in total. The highest BCUT2D eigenvalue weighted by molar-refractivity contribution is 5.82. The Labute approximate surface area is 359 Å². The Kier molecular flexibility index (Phi) is 14.9. The van der Waals surface area contributed by atoms with E-state index in [-0.39, 0.29) is 19.8 Å². The first-order chi connectivity index (χ1) is 29.8.